The molecule has 2 aromatic carbocycles. The molecule has 0 aliphatic carbocycles. The number of aromatic nitrogens is 1. The Morgan fingerprint density at radius 3 is 2.61 bits per heavy atom. The normalized spacial score (nSPS) is 15.6. The van der Waals surface area contributed by atoms with Crippen LogP contribution in [0, 0.1) is 0 Å². The maximum atomic E-state index is 13.8. The van der Waals surface area contributed by atoms with E-state index in [1.54, 1.807) is 55.7 Å². The van der Waals surface area contributed by atoms with Gasteiger partial charge in [-0.25, -0.2) is 9.79 Å². The number of thiazole rings is 1. The molecule has 0 N–H and O–H groups in total. The summed E-state index contributed by atoms with van der Waals surface area (Å²) >= 11 is 14.4. The molecule has 2 aromatic heterocycles. The topological polar surface area (TPSA) is 73.8 Å². The molecule has 38 heavy (non-hydrogen) atoms. The summed E-state index contributed by atoms with van der Waals surface area (Å²) in [5.41, 5.74) is 2.15. The van der Waals surface area contributed by atoms with Gasteiger partial charge < -0.3 is 9.15 Å². The molecule has 0 unspecified atom stereocenters. The van der Waals surface area contributed by atoms with Crippen LogP contribution in [0.4, 0.5) is 0 Å². The fourth-order valence-corrected chi connectivity index (χ4v) is 6.17. The molecule has 6 nitrogen and oxygen atoms in total. The molecule has 3 heterocycles. The Labute approximate surface area is 244 Å². The van der Waals surface area contributed by atoms with Crippen molar-refractivity contribution >= 4 is 66.8 Å². The van der Waals surface area contributed by atoms with Gasteiger partial charge in [-0.3, -0.25) is 9.36 Å². The Kier molecular flexibility index (Phi) is 7.64. The van der Waals surface area contributed by atoms with E-state index in [0.29, 0.717) is 37.1 Å². The average Bonchev–Trinajstić information content (AvgIpc) is 3.44. The van der Waals surface area contributed by atoms with E-state index < -0.39 is 12.0 Å². The molecule has 1 aliphatic heterocycles. The quantitative estimate of drug-likeness (QED) is 0.223. The van der Waals surface area contributed by atoms with Crippen LogP contribution in [0.1, 0.15) is 38.1 Å². The van der Waals surface area contributed by atoms with Crippen molar-refractivity contribution in [1.82, 2.24) is 4.57 Å². The van der Waals surface area contributed by atoms with Crippen LogP contribution in [-0.2, 0) is 9.53 Å². The molecule has 0 saturated carbocycles. The number of hydrogen-bond acceptors (Lipinski definition) is 6. The fourth-order valence-electron chi connectivity index (χ4n) is 4.21. The van der Waals surface area contributed by atoms with Gasteiger partial charge in [0.05, 0.1) is 27.9 Å². The third kappa shape index (κ3) is 5.25. The van der Waals surface area contributed by atoms with Crippen LogP contribution < -0.4 is 14.9 Å². The second kappa shape index (κ2) is 10.8. The van der Waals surface area contributed by atoms with Crippen molar-refractivity contribution in [2.24, 2.45) is 4.99 Å². The number of nitrogens with zero attached hydrogens (tertiary/aromatic N) is 2. The number of benzene rings is 2. The fraction of sp³-hybridized carbons (Fsp3) is 0.179. The van der Waals surface area contributed by atoms with Gasteiger partial charge >= 0.3 is 5.97 Å². The van der Waals surface area contributed by atoms with E-state index in [4.69, 9.17) is 20.8 Å². The monoisotopic (exact) mass is 674 g/mol. The first-order chi connectivity index (χ1) is 18.1. The zero-order chi connectivity index (χ0) is 27.1. The minimum absolute atomic E-state index is 0.280. The van der Waals surface area contributed by atoms with Crippen molar-refractivity contribution in [1.29, 1.82) is 0 Å². The van der Waals surface area contributed by atoms with Gasteiger partial charge in [0.15, 0.2) is 4.80 Å². The van der Waals surface area contributed by atoms with Crippen molar-refractivity contribution in [2.75, 3.05) is 0 Å². The van der Waals surface area contributed by atoms with Crippen LogP contribution in [0.2, 0.25) is 5.02 Å². The number of carbonyl (C=O) groups is 1. The molecule has 4 aromatic rings. The second-order valence-electron chi connectivity index (χ2n) is 8.91. The molecule has 5 rings (SSSR count). The van der Waals surface area contributed by atoms with Crippen LogP contribution in [0.25, 0.3) is 17.4 Å². The Morgan fingerprint density at radius 1 is 1.16 bits per heavy atom. The van der Waals surface area contributed by atoms with E-state index >= 15 is 0 Å². The Bertz CT molecular complexity index is 1770. The van der Waals surface area contributed by atoms with Gasteiger partial charge in [0.25, 0.3) is 5.56 Å². The summed E-state index contributed by atoms with van der Waals surface area (Å²) in [6, 6.07) is 15.9. The molecule has 194 valence electrons. The molecule has 0 saturated heterocycles. The largest absolute Gasteiger partial charge is 0.459 e. The summed E-state index contributed by atoms with van der Waals surface area (Å²) in [7, 11) is 0. The SMILES string of the molecule is CC1=C(C(=O)OC(C)C)[C@H](c2ccc(Cl)cc2)n2c(s/c(=C/c3ccc(-c4cc(Br)ccc4Br)o3)c2=O)=N1. The summed E-state index contributed by atoms with van der Waals surface area (Å²) in [4.78, 5) is 32.0. The number of allylic oxidation sites excluding steroid dienone is 1. The smallest absolute Gasteiger partial charge is 0.338 e. The average molecular weight is 677 g/mol. The predicted octanol–water partition coefficient (Wildman–Crippen LogP) is 6.63. The van der Waals surface area contributed by atoms with Crippen LogP contribution >= 0.6 is 54.8 Å². The van der Waals surface area contributed by atoms with Crippen molar-refractivity contribution < 1.29 is 13.9 Å². The van der Waals surface area contributed by atoms with Gasteiger partial charge in [-0.05, 0) is 68.8 Å². The van der Waals surface area contributed by atoms with E-state index in [2.05, 4.69) is 36.9 Å². The van der Waals surface area contributed by atoms with Gasteiger partial charge in [0.2, 0.25) is 0 Å². The molecule has 1 atom stereocenters. The number of hydrogen-bond donors (Lipinski definition) is 0. The first-order valence-corrected chi connectivity index (χ1v) is 14.4. The molecule has 0 amide bonds. The molecular formula is C28H21Br2ClN2O4S. The van der Waals surface area contributed by atoms with Crippen LogP contribution in [0.3, 0.4) is 0 Å². The Hall–Kier alpha value is -2.72. The van der Waals surface area contributed by atoms with Crippen LogP contribution in [0.15, 0.2) is 89.0 Å². The van der Waals surface area contributed by atoms with E-state index in [0.717, 1.165) is 20.1 Å². The molecule has 0 bridgehead atoms. The molecule has 0 spiro atoms. The third-order valence-electron chi connectivity index (χ3n) is 5.86. The molecule has 0 fully saturated rings. The number of carbonyl (C=O) groups excluding carboxylic acids is 1. The summed E-state index contributed by atoms with van der Waals surface area (Å²) in [6.07, 6.45) is 1.38. The van der Waals surface area contributed by atoms with Gasteiger partial charge in [-0.15, -0.1) is 0 Å². The predicted molar refractivity (Wildman–Crippen MR) is 156 cm³/mol. The van der Waals surface area contributed by atoms with Gasteiger partial charge in [-0.2, -0.15) is 0 Å². The number of rotatable bonds is 5. The third-order valence-corrected chi connectivity index (χ3v) is 8.28. The number of furan rings is 1. The lowest BCUT2D eigenvalue weighted by atomic mass is 9.96. The minimum atomic E-state index is -0.707. The lowest BCUT2D eigenvalue weighted by Gasteiger charge is -2.25. The maximum absolute atomic E-state index is 13.8. The zero-order valence-corrected chi connectivity index (χ0v) is 25.2. The van der Waals surface area contributed by atoms with Crippen molar-refractivity contribution in [3.8, 4) is 11.3 Å². The van der Waals surface area contributed by atoms with E-state index in [-0.39, 0.29) is 11.7 Å². The van der Waals surface area contributed by atoms with Crippen molar-refractivity contribution in [2.45, 2.75) is 32.9 Å². The lowest BCUT2D eigenvalue weighted by Crippen LogP contribution is -2.40. The number of halogens is 3. The lowest BCUT2D eigenvalue weighted by molar-refractivity contribution is -0.143. The number of ether oxygens (including phenoxy) is 1. The summed E-state index contributed by atoms with van der Waals surface area (Å²) in [5, 5.41) is 0.555. The van der Waals surface area contributed by atoms with E-state index in [1.807, 2.05) is 30.3 Å². The Morgan fingerprint density at radius 2 is 1.89 bits per heavy atom. The summed E-state index contributed by atoms with van der Waals surface area (Å²) < 4.78 is 15.4. The standard InChI is InChI=1S/C28H21Br2ClN2O4S/c1-14(2)36-27(35)24-15(3)32-28-33(25(24)16-4-7-18(31)8-5-16)26(34)23(38-28)13-19-9-11-22(37-19)20-12-17(29)6-10-21(20)30/h4-14,25H,1-3H3/b23-13+/t25-/m0/s1. The van der Waals surface area contributed by atoms with Gasteiger partial charge in [0.1, 0.15) is 11.5 Å². The number of esters is 1. The summed E-state index contributed by atoms with van der Waals surface area (Å²) in [6.45, 7) is 5.32. The van der Waals surface area contributed by atoms with E-state index in [1.165, 1.54) is 11.3 Å². The highest BCUT2D eigenvalue weighted by Gasteiger charge is 2.33. The van der Waals surface area contributed by atoms with E-state index in [9.17, 15) is 9.59 Å². The first kappa shape index (κ1) is 26.9. The van der Waals surface area contributed by atoms with Gasteiger partial charge in [-0.1, -0.05) is 66.9 Å². The van der Waals surface area contributed by atoms with Crippen molar-refractivity contribution in [3.05, 3.63) is 111 Å². The molecular weight excluding hydrogens is 656 g/mol. The van der Waals surface area contributed by atoms with Crippen molar-refractivity contribution in [3.63, 3.8) is 0 Å². The van der Waals surface area contributed by atoms with Crippen LogP contribution in [0.5, 0.6) is 0 Å². The number of fused-ring (bicyclic) bond motifs is 1. The van der Waals surface area contributed by atoms with Crippen LogP contribution in [-0.4, -0.2) is 16.6 Å². The zero-order valence-electron chi connectivity index (χ0n) is 20.5. The molecule has 1 aliphatic rings. The summed E-state index contributed by atoms with van der Waals surface area (Å²) in [5.74, 6) is 0.673. The second-order valence-corrected chi connectivity index (χ2v) is 12.1. The molecule has 0 radical (unpaired) electrons. The maximum Gasteiger partial charge on any atom is 0.338 e. The Balaban J connectivity index is 1.64. The highest BCUT2D eigenvalue weighted by molar-refractivity contribution is 9.11. The minimum Gasteiger partial charge on any atom is -0.459 e. The highest BCUT2D eigenvalue weighted by atomic mass is 79.9. The highest BCUT2D eigenvalue weighted by Crippen LogP contribution is 2.33. The first-order valence-electron chi connectivity index (χ1n) is 11.7. The molecule has 10 heteroatoms. The van der Waals surface area contributed by atoms with Gasteiger partial charge in [0, 0.05) is 25.6 Å².